The number of carbonyl (C=O) groups is 1. The standard InChI is InChI=1S/C16H25N3O2/c1-13-4-3-5-14(10-13)19-15(20)18-11-16(12-21-2)6-8-17-9-7-16/h3-5,10,17H,6-9,11-12H2,1-2H3,(H2,18,19,20). The molecule has 0 radical (unpaired) electrons. The zero-order valence-electron chi connectivity index (χ0n) is 12.9. The number of carbonyl (C=O) groups excluding carboxylic acids is 1. The van der Waals surface area contributed by atoms with E-state index in [9.17, 15) is 4.79 Å². The monoisotopic (exact) mass is 291 g/mol. The summed E-state index contributed by atoms with van der Waals surface area (Å²) in [6.07, 6.45) is 2.04. The maximum Gasteiger partial charge on any atom is 0.319 e. The molecule has 1 aromatic rings. The molecular weight excluding hydrogens is 266 g/mol. The lowest BCUT2D eigenvalue weighted by atomic mass is 9.79. The zero-order chi connectivity index (χ0) is 15.1. The van der Waals surface area contributed by atoms with Gasteiger partial charge >= 0.3 is 6.03 Å². The van der Waals surface area contributed by atoms with E-state index in [1.54, 1.807) is 7.11 Å². The Morgan fingerprint density at radius 1 is 1.38 bits per heavy atom. The minimum atomic E-state index is -0.158. The molecule has 2 rings (SSSR count). The van der Waals surface area contributed by atoms with Gasteiger partial charge in [0, 0.05) is 24.8 Å². The summed E-state index contributed by atoms with van der Waals surface area (Å²) >= 11 is 0. The number of amides is 2. The van der Waals surface area contributed by atoms with E-state index >= 15 is 0 Å². The van der Waals surface area contributed by atoms with E-state index in [1.807, 2.05) is 31.2 Å². The fourth-order valence-corrected chi connectivity index (χ4v) is 2.80. The van der Waals surface area contributed by atoms with Crippen molar-refractivity contribution in [2.45, 2.75) is 19.8 Å². The second kappa shape index (κ2) is 7.43. The topological polar surface area (TPSA) is 62.4 Å². The highest BCUT2D eigenvalue weighted by Crippen LogP contribution is 2.28. The number of methoxy groups -OCH3 is 1. The molecule has 3 N–H and O–H groups in total. The van der Waals surface area contributed by atoms with Crippen LogP contribution in [0.25, 0.3) is 0 Å². The van der Waals surface area contributed by atoms with Gasteiger partial charge in [-0.15, -0.1) is 0 Å². The van der Waals surface area contributed by atoms with Crippen molar-refractivity contribution in [2.75, 3.05) is 38.7 Å². The molecule has 0 spiro atoms. The first-order chi connectivity index (χ1) is 10.1. The third-order valence-electron chi connectivity index (χ3n) is 4.01. The van der Waals surface area contributed by atoms with Crippen LogP contribution in [0.1, 0.15) is 18.4 Å². The van der Waals surface area contributed by atoms with E-state index in [0.717, 1.165) is 37.2 Å². The molecule has 0 bridgehead atoms. The van der Waals surface area contributed by atoms with Crippen molar-refractivity contribution in [2.24, 2.45) is 5.41 Å². The van der Waals surface area contributed by atoms with Gasteiger partial charge in [0.15, 0.2) is 0 Å². The number of nitrogens with one attached hydrogen (secondary N) is 3. The summed E-state index contributed by atoms with van der Waals surface area (Å²) in [4.78, 5) is 12.0. The highest BCUT2D eigenvalue weighted by Gasteiger charge is 2.32. The Balaban J connectivity index is 1.87. The van der Waals surface area contributed by atoms with Gasteiger partial charge in [-0.3, -0.25) is 0 Å². The second-order valence-electron chi connectivity index (χ2n) is 5.86. The molecule has 1 saturated heterocycles. The van der Waals surface area contributed by atoms with Crippen LogP contribution in [-0.2, 0) is 4.74 Å². The SMILES string of the molecule is COCC1(CNC(=O)Nc2cccc(C)c2)CCNCC1. The van der Waals surface area contributed by atoms with Gasteiger partial charge in [-0.05, 0) is 50.6 Å². The number of anilines is 1. The summed E-state index contributed by atoms with van der Waals surface area (Å²) < 4.78 is 5.35. The Kier molecular flexibility index (Phi) is 5.59. The number of hydrogen-bond donors (Lipinski definition) is 3. The van der Waals surface area contributed by atoms with Gasteiger partial charge in [-0.25, -0.2) is 4.79 Å². The van der Waals surface area contributed by atoms with E-state index in [1.165, 1.54) is 0 Å². The maximum atomic E-state index is 12.0. The summed E-state index contributed by atoms with van der Waals surface area (Å²) in [5.74, 6) is 0. The van der Waals surface area contributed by atoms with Gasteiger partial charge in [0.05, 0.1) is 6.61 Å². The third-order valence-corrected chi connectivity index (χ3v) is 4.01. The van der Waals surface area contributed by atoms with Crippen molar-refractivity contribution in [1.82, 2.24) is 10.6 Å². The molecule has 0 aromatic heterocycles. The molecule has 5 heteroatoms. The van der Waals surface area contributed by atoms with E-state index in [-0.39, 0.29) is 11.4 Å². The molecule has 0 unspecified atom stereocenters. The van der Waals surface area contributed by atoms with Gasteiger partial charge in [0.25, 0.3) is 0 Å². The molecule has 1 fully saturated rings. The Hall–Kier alpha value is -1.59. The van der Waals surface area contributed by atoms with Crippen LogP contribution in [0, 0.1) is 12.3 Å². The third kappa shape index (κ3) is 4.72. The minimum Gasteiger partial charge on any atom is -0.384 e. The molecule has 21 heavy (non-hydrogen) atoms. The van der Waals surface area contributed by atoms with E-state index in [4.69, 9.17) is 4.74 Å². The normalized spacial score (nSPS) is 17.2. The lowest BCUT2D eigenvalue weighted by Gasteiger charge is -2.37. The predicted octanol–water partition coefficient (Wildman–Crippen LogP) is 2.13. The van der Waals surface area contributed by atoms with Crippen molar-refractivity contribution >= 4 is 11.7 Å². The van der Waals surface area contributed by atoms with E-state index < -0.39 is 0 Å². The van der Waals surface area contributed by atoms with Crippen molar-refractivity contribution in [3.05, 3.63) is 29.8 Å². The van der Waals surface area contributed by atoms with Gasteiger partial charge in [0.2, 0.25) is 0 Å². The quantitative estimate of drug-likeness (QED) is 0.779. The van der Waals surface area contributed by atoms with Crippen LogP contribution in [0.2, 0.25) is 0 Å². The van der Waals surface area contributed by atoms with Crippen LogP contribution in [0.4, 0.5) is 10.5 Å². The Morgan fingerprint density at radius 3 is 2.81 bits per heavy atom. The van der Waals surface area contributed by atoms with Crippen LogP contribution in [-0.4, -0.2) is 39.4 Å². The van der Waals surface area contributed by atoms with Gasteiger partial charge < -0.3 is 20.7 Å². The van der Waals surface area contributed by atoms with Crippen LogP contribution in [0.15, 0.2) is 24.3 Å². The number of benzene rings is 1. The minimum absolute atomic E-state index is 0.0456. The fraction of sp³-hybridized carbons (Fsp3) is 0.562. The van der Waals surface area contributed by atoms with Gasteiger partial charge in [-0.2, -0.15) is 0 Å². The fourth-order valence-electron chi connectivity index (χ4n) is 2.80. The van der Waals surface area contributed by atoms with Crippen molar-refractivity contribution in [1.29, 1.82) is 0 Å². The number of rotatable bonds is 5. The van der Waals surface area contributed by atoms with E-state index in [0.29, 0.717) is 13.2 Å². The summed E-state index contributed by atoms with van der Waals surface area (Å²) in [5, 5.41) is 9.21. The summed E-state index contributed by atoms with van der Waals surface area (Å²) in [7, 11) is 1.72. The van der Waals surface area contributed by atoms with E-state index in [2.05, 4.69) is 16.0 Å². The Morgan fingerprint density at radius 2 is 2.14 bits per heavy atom. The first-order valence-corrected chi connectivity index (χ1v) is 7.45. The van der Waals surface area contributed by atoms with Crippen molar-refractivity contribution in [3.63, 3.8) is 0 Å². The Labute approximate surface area is 126 Å². The summed E-state index contributed by atoms with van der Waals surface area (Å²) in [6, 6.07) is 7.63. The summed E-state index contributed by atoms with van der Waals surface area (Å²) in [6.45, 7) is 5.28. The van der Waals surface area contributed by atoms with Crippen LogP contribution in [0.3, 0.4) is 0 Å². The average molecular weight is 291 g/mol. The van der Waals surface area contributed by atoms with Crippen molar-refractivity contribution in [3.8, 4) is 0 Å². The molecule has 1 aromatic carbocycles. The molecule has 0 atom stereocenters. The molecule has 1 aliphatic rings. The van der Waals surface area contributed by atoms with Crippen LogP contribution < -0.4 is 16.0 Å². The highest BCUT2D eigenvalue weighted by molar-refractivity contribution is 5.89. The molecule has 0 aliphatic carbocycles. The Bertz CT molecular complexity index is 465. The van der Waals surface area contributed by atoms with Gasteiger partial charge in [0.1, 0.15) is 0 Å². The molecule has 0 saturated carbocycles. The lowest BCUT2D eigenvalue weighted by Crippen LogP contribution is -2.47. The van der Waals surface area contributed by atoms with Gasteiger partial charge in [-0.1, -0.05) is 12.1 Å². The lowest BCUT2D eigenvalue weighted by molar-refractivity contribution is 0.0558. The first kappa shape index (κ1) is 15.8. The predicted molar refractivity (Wildman–Crippen MR) is 84.6 cm³/mol. The zero-order valence-corrected chi connectivity index (χ0v) is 12.9. The highest BCUT2D eigenvalue weighted by atomic mass is 16.5. The molecule has 116 valence electrons. The maximum absolute atomic E-state index is 12.0. The van der Waals surface area contributed by atoms with Crippen molar-refractivity contribution < 1.29 is 9.53 Å². The van der Waals surface area contributed by atoms with Crippen LogP contribution in [0.5, 0.6) is 0 Å². The van der Waals surface area contributed by atoms with Crippen LogP contribution >= 0.6 is 0 Å². The molecule has 2 amide bonds. The number of urea groups is 1. The smallest absolute Gasteiger partial charge is 0.319 e. The number of piperidine rings is 1. The number of ether oxygens (including phenoxy) is 1. The largest absolute Gasteiger partial charge is 0.384 e. The molecule has 1 aliphatic heterocycles. The number of hydrogen-bond acceptors (Lipinski definition) is 3. The summed E-state index contributed by atoms with van der Waals surface area (Å²) in [5.41, 5.74) is 1.99. The average Bonchev–Trinajstić information content (AvgIpc) is 2.47. The molecule has 5 nitrogen and oxygen atoms in total. The first-order valence-electron chi connectivity index (χ1n) is 7.45. The second-order valence-corrected chi connectivity index (χ2v) is 5.86. The molecule has 1 heterocycles. The number of aryl methyl sites for hydroxylation is 1. The molecular formula is C16H25N3O2.